The Morgan fingerprint density at radius 1 is 1.63 bits per heavy atom. The number of aromatic nitrogens is 1. The Labute approximate surface area is 110 Å². The molecule has 1 unspecified atom stereocenters. The highest BCUT2D eigenvalue weighted by molar-refractivity contribution is 5.94. The van der Waals surface area contributed by atoms with Gasteiger partial charge in [-0.25, -0.2) is 4.98 Å². The Bertz CT molecular complexity index is 492. The van der Waals surface area contributed by atoms with Gasteiger partial charge < -0.3 is 25.5 Å². The number of nitrogens with zero attached hydrogens (tertiary/aromatic N) is 2. The number of amides is 1. The van der Waals surface area contributed by atoms with E-state index in [1.54, 1.807) is 12.1 Å². The Kier molecular flexibility index (Phi) is 3.96. The average Bonchev–Trinajstić information content (AvgIpc) is 2.38. The van der Waals surface area contributed by atoms with Gasteiger partial charge in [0.2, 0.25) is 0 Å². The van der Waals surface area contributed by atoms with Crippen molar-refractivity contribution in [2.24, 2.45) is 5.73 Å². The molecule has 0 bridgehead atoms. The van der Waals surface area contributed by atoms with Gasteiger partial charge in [0.1, 0.15) is 12.1 Å². The number of aldehydes is 1. The van der Waals surface area contributed by atoms with Crippen molar-refractivity contribution in [3.05, 3.63) is 12.1 Å². The first kappa shape index (κ1) is 13.3. The number of fused-ring (bicyclic) bond motifs is 1. The molecule has 0 saturated carbocycles. The summed E-state index contributed by atoms with van der Waals surface area (Å²) in [5, 5.41) is 2.64. The van der Waals surface area contributed by atoms with Crippen molar-refractivity contribution in [3.8, 4) is 5.75 Å². The van der Waals surface area contributed by atoms with E-state index in [0.29, 0.717) is 30.4 Å². The molecule has 2 heterocycles. The predicted molar refractivity (Wildman–Crippen MR) is 70.3 cm³/mol. The lowest BCUT2D eigenvalue weighted by Gasteiger charge is -2.23. The van der Waals surface area contributed by atoms with E-state index in [0.717, 1.165) is 6.29 Å². The summed E-state index contributed by atoms with van der Waals surface area (Å²) in [5.41, 5.74) is 5.79. The Hall–Kier alpha value is -2.15. The summed E-state index contributed by atoms with van der Waals surface area (Å²) in [4.78, 5) is 27.7. The normalized spacial score (nSPS) is 14.9. The maximum absolute atomic E-state index is 11.2. The van der Waals surface area contributed by atoms with Crippen LogP contribution in [0.5, 0.6) is 5.75 Å². The molecule has 0 aliphatic carbocycles. The third-order valence-corrected chi connectivity index (χ3v) is 2.76. The molecule has 7 nitrogen and oxygen atoms in total. The molecule has 0 radical (unpaired) electrons. The number of rotatable bonds is 5. The van der Waals surface area contributed by atoms with Gasteiger partial charge in [-0.2, -0.15) is 0 Å². The number of carbonyl (C=O) groups excluding carboxylic acids is 2. The van der Waals surface area contributed by atoms with Crippen molar-refractivity contribution < 1.29 is 14.3 Å². The monoisotopic (exact) mass is 264 g/mol. The lowest BCUT2D eigenvalue weighted by Crippen LogP contribution is -2.36. The summed E-state index contributed by atoms with van der Waals surface area (Å²) < 4.78 is 5.23. The molecule has 102 valence electrons. The zero-order valence-electron chi connectivity index (χ0n) is 10.6. The number of likely N-dealkylation sites (N-methyl/N-ethyl adjacent to an activating group) is 1. The topological polar surface area (TPSA) is 97.5 Å². The zero-order valence-corrected chi connectivity index (χ0v) is 10.6. The van der Waals surface area contributed by atoms with Crippen LogP contribution in [0.2, 0.25) is 0 Å². The van der Waals surface area contributed by atoms with Crippen LogP contribution in [0.25, 0.3) is 0 Å². The van der Waals surface area contributed by atoms with Gasteiger partial charge in [0.25, 0.3) is 5.91 Å². The van der Waals surface area contributed by atoms with Crippen LogP contribution in [0.3, 0.4) is 0 Å². The minimum atomic E-state index is -0.244. The molecule has 19 heavy (non-hydrogen) atoms. The summed E-state index contributed by atoms with van der Waals surface area (Å²) in [7, 11) is 1.82. The highest BCUT2D eigenvalue weighted by Gasteiger charge is 2.18. The first-order valence-electron chi connectivity index (χ1n) is 5.94. The van der Waals surface area contributed by atoms with E-state index in [1.165, 1.54) is 0 Å². The molecule has 0 aromatic carbocycles. The van der Waals surface area contributed by atoms with E-state index in [9.17, 15) is 9.59 Å². The van der Waals surface area contributed by atoms with Crippen molar-refractivity contribution in [3.63, 3.8) is 0 Å². The van der Waals surface area contributed by atoms with Crippen molar-refractivity contribution in [1.29, 1.82) is 0 Å². The summed E-state index contributed by atoms with van der Waals surface area (Å²) in [5.74, 6) is 1.39. The minimum Gasteiger partial charge on any atom is -0.480 e. The van der Waals surface area contributed by atoms with Gasteiger partial charge in [0.05, 0.1) is 0 Å². The van der Waals surface area contributed by atoms with Crippen LogP contribution in [-0.4, -0.2) is 43.4 Å². The van der Waals surface area contributed by atoms with Gasteiger partial charge in [-0.15, -0.1) is 0 Å². The number of nitrogens with two attached hydrogens (primary N) is 1. The van der Waals surface area contributed by atoms with E-state index < -0.39 is 0 Å². The molecule has 1 atom stereocenters. The second kappa shape index (κ2) is 5.66. The van der Waals surface area contributed by atoms with E-state index in [2.05, 4.69) is 10.3 Å². The summed E-state index contributed by atoms with van der Waals surface area (Å²) >= 11 is 0. The van der Waals surface area contributed by atoms with Gasteiger partial charge >= 0.3 is 0 Å². The van der Waals surface area contributed by atoms with E-state index >= 15 is 0 Å². The van der Waals surface area contributed by atoms with Gasteiger partial charge in [0, 0.05) is 26.1 Å². The first-order valence-corrected chi connectivity index (χ1v) is 5.94. The lowest BCUT2D eigenvalue weighted by atomic mass is 10.2. The molecular formula is C12H16N4O3. The van der Waals surface area contributed by atoms with E-state index in [1.807, 2.05) is 11.9 Å². The fourth-order valence-electron chi connectivity index (χ4n) is 1.81. The number of nitrogens with one attached hydrogen (secondary N) is 1. The number of carbonyl (C=O) groups is 2. The molecule has 3 N–H and O–H groups in total. The van der Waals surface area contributed by atoms with Crippen LogP contribution in [0.1, 0.15) is 6.42 Å². The van der Waals surface area contributed by atoms with Crippen molar-refractivity contribution in [2.75, 3.05) is 30.4 Å². The zero-order chi connectivity index (χ0) is 13.8. The molecule has 0 fully saturated rings. The summed E-state index contributed by atoms with van der Waals surface area (Å²) in [6, 6.07) is 3.29. The molecule has 7 heteroatoms. The van der Waals surface area contributed by atoms with Crippen molar-refractivity contribution >= 4 is 23.8 Å². The molecule has 0 spiro atoms. The lowest BCUT2D eigenvalue weighted by molar-refractivity contribution is -0.118. The quantitative estimate of drug-likeness (QED) is 0.713. The van der Waals surface area contributed by atoms with Crippen molar-refractivity contribution in [2.45, 2.75) is 12.5 Å². The molecule has 1 amide bonds. The SMILES string of the molecule is CN(CC(N)CC=O)c1ccc2c(n1)NC(=O)CO2. The molecule has 2 rings (SSSR count). The number of ether oxygens (including phenoxy) is 1. The van der Waals surface area contributed by atoms with E-state index in [4.69, 9.17) is 10.5 Å². The number of pyridine rings is 1. The standard InChI is InChI=1S/C12H16N4O3/c1-16(6-8(13)4-5-17)10-3-2-9-12(14-10)15-11(18)7-19-9/h2-3,5,8H,4,6-7,13H2,1H3,(H,14,15,18). The molecule has 1 aromatic heterocycles. The fraction of sp³-hybridized carbons (Fsp3) is 0.417. The maximum atomic E-state index is 11.2. The van der Waals surface area contributed by atoms with Crippen LogP contribution >= 0.6 is 0 Å². The summed E-state index contributed by atoms with van der Waals surface area (Å²) in [6.45, 7) is 0.507. The van der Waals surface area contributed by atoms with Crippen LogP contribution in [0, 0.1) is 0 Å². The largest absolute Gasteiger partial charge is 0.480 e. The second-order valence-electron chi connectivity index (χ2n) is 4.40. The third kappa shape index (κ3) is 3.19. The van der Waals surface area contributed by atoms with Crippen LogP contribution in [0.4, 0.5) is 11.6 Å². The molecule has 1 aliphatic heterocycles. The second-order valence-corrected chi connectivity index (χ2v) is 4.40. The molecule has 0 saturated heterocycles. The molecule has 1 aromatic rings. The third-order valence-electron chi connectivity index (χ3n) is 2.76. The Morgan fingerprint density at radius 2 is 2.42 bits per heavy atom. The maximum Gasteiger partial charge on any atom is 0.263 e. The van der Waals surface area contributed by atoms with Crippen LogP contribution in [0.15, 0.2) is 12.1 Å². The molecule has 1 aliphatic rings. The van der Waals surface area contributed by atoms with Crippen LogP contribution in [-0.2, 0) is 9.59 Å². The van der Waals surface area contributed by atoms with Crippen LogP contribution < -0.4 is 20.7 Å². The first-order chi connectivity index (χ1) is 9.10. The highest BCUT2D eigenvalue weighted by Crippen LogP contribution is 2.27. The predicted octanol–water partition coefficient (Wildman–Crippen LogP) is -0.235. The fourth-order valence-corrected chi connectivity index (χ4v) is 1.81. The Balaban J connectivity index is 2.10. The smallest absolute Gasteiger partial charge is 0.263 e. The highest BCUT2D eigenvalue weighted by atomic mass is 16.5. The van der Waals surface area contributed by atoms with Crippen molar-refractivity contribution in [1.82, 2.24) is 4.98 Å². The van der Waals surface area contributed by atoms with Gasteiger partial charge in [0.15, 0.2) is 18.2 Å². The summed E-state index contributed by atoms with van der Waals surface area (Å²) in [6.07, 6.45) is 1.10. The van der Waals surface area contributed by atoms with Gasteiger partial charge in [-0.05, 0) is 12.1 Å². The van der Waals surface area contributed by atoms with E-state index in [-0.39, 0.29) is 18.6 Å². The number of hydrogen-bond acceptors (Lipinski definition) is 6. The van der Waals surface area contributed by atoms with Gasteiger partial charge in [-0.1, -0.05) is 0 Å². The average molecular weight is 264 g/mol. The minimum absolute atomic E-state index is 0.00801. The Morgan fingerprint density at radius 3 is 3.16 bits per heavy atom. The van der Waals surface area contributed by atoms with Gasteiger partial charge in [-0.3, -0.25) is 4.79 Å². The molecular weight excluding hydrogens is 248 g/mol. The number of hydrogen-bond donors (Lipinski definition) is 2. The number of anilines is 2.